The van der Waals surface area contributed by atoms with Crippen molar-refractivity contribution in [3.63, 3.8) is 0 Å². The molecular formula is C14H27NO. The average Bonchev–Trinajstić information content (AvgIpc) is 2.14. The van der Waals surface area contributed by atoms with Gasteiger partial charge in [0, 0.05) is 18.5 Å². The van der Waals surface area contributed by atoms with Gasteiger partial charge in [-0.15, -0.1) is 0 Å². The summed E-state index contributed by atoms with van der Waals surface area (Å²) in [4.78, 5) is 14.3. The normalized spacial score (nSPS) is 22.6. The second-order valence-electron chi connectivity index (χ2n) is 6.64. The standard InChI is InChI=1S/C14H27NO/c1-11(2)9-12-7-6-8-15(10-12)13(16)14(3,4)5/h11-12H,6-10H2,1-5H3/t12-/m0/s1. The monoisotopic (exact) mass is 225 g/mol. The summed E-state index contributed by atoms with van der Waals surface area (Å²) in [6, 6.07) is 0. The Kier molecular flexibility index (Phi) is 4.40. The smallest absolute Gasteiger partial charge is 0.227 e. The number of carbonyl (C=O) groups excluding carboxylic acids is 1. The van der Waals surface area contributed by atoms with E-state index < -0.39 is 0 Å². The maximum absolute atomic E-state index is 12.2. The van der Waals surface area contributed by atoms with Crippen LogP contribution in [0.5, 0.6) is 0 Å². The van der Waals surface area contributed by atoms with E-state index in [9.17, 15) is 4.79 Å². The van der Waals surface area contributed by atoms with Crippen LogP contribution in [0, 0.1) is 17.3 Å². The van der Waals surface area contributed by atoms with Crippen LogP contribution in [0.3, 0.4) is 0 Å². The summed E-state index contributed by atoms with van der Waals surface area (Å²) in [6.07, 6.45) is 3.74. The van der Waals surface area contributed by atoms with Crippen molar-refractivity contribution in [2.75, 3.05) is 13.1 Å². The Balaban J connectivity index is 2.54. The lowest BCUT2D eigenvalue weighted by atomic mass is 9.87. The van der Waals surface area contributed by atoms with E-state index in [1.807, 2.05) is 20.8 Å². The molecule has 16 heavy (non-hydrogen) atoms. The molecule has 1 rings (SSSR count). The van der Waals surface area contributed by atoms with Crippen LogP contribution in [0.25, 0.3) is 0 Å². The van der Waals surface area contributed by atoms with Gasteiger partial charge in [-0.25, -0.2) is 0 Å². The van der Waals surface area contributed by atoms with Crippen molar-refractivity contribution in [3.05, 3.63) is 0 Å². The number of hydrogen-bond acceptors (Lipinski definition) is 1. The molecule has 0 aromatic rings. The van der Waals surface area contributed by atoms with Gasteiger partial charge >= 0.3 is 0 Å². The molecule has 0 spiro atoms. The van der Waals surface area contributed by atoms with Crippen LogP contribution in [-0.4, -0.2) is 23.9 Å². The molecule has 1 aliphatic heterocycles. The van der Waals surface area contributed by atoms with Gasteiger partial charge in [0.05, 0.1) is 0 Å². The van der Waals surface area contributed by atoms with E-state index in [1.165, 1.54) is 19.3 Å². The quantitative estimate of drug-likeness (QED) is 0.706. The highest BCUT2D eigenvalue weighted by atomic mass is 16.2. The summed E-state index contributed by atoms with van der Waals surface area (Å²) in [7, 11) is 0. The highest BCUT2D eigenvalue weighted by molar-refractivity contribution is 5.81. The fraction of sp³-hybridized carbons (Fsp3) is 0.929. The molecule has 0 unspecified atom stereocenters. The summed E-state index contributed by atoms with van der Waals surface area (Å²) in [5.74, 6) is 1.79. The molecule has 1 aliphatic rings. The van der Waals surface area contributed by atoms with Gasteiger partial charge in [-0.05, 0) is 31.1 Å². The van der Waals surface area contributed by atoms with Crippen LogP contribution < -0.4 is 0 Å². The van der Waals surface area contributed by atoms with Crippen LogP contribution in [0.1, 0.15) is 53.9 Å². The van der Waals surface area contributed by atoms with E-state index in [1.54, 1.807) is 0 Å². The van der Waals surface area contributed by atoms with Gasteiger partial charge in [-0.2, -0.15) is 0 Å². The molecule has 0 N–H and O–H groups in total. The fourth-order valence-electron chi connectivity index (χ4n) is 2.58. The third kappa shape index (κ3) is 3.80. The summed E-state index contributed by atoms with van der Waals surface area (Å²) >= 11 is 0. The molecule has 0 saturated carbocycles. The maximum Gasteiger partial charge on any atom is 0.227 e. The van der Waals surface area contributed by atoms with E-state index in [0.717, 1.165) is 24.9 Å². The van der Waals surface area contributed by atoms with Crippen molar-refractivity contribution in [1.82, 2.24) is 4.90 Å². The highest BCUT2D eigenvalue weighted by Gasteiger charge is 2.30. The Morgan fingerprint density at radius 1 is 1.38 bits per heavy atom. The molecule has 1 saturated heterocycles. The number of amides is 1. The van der Waals surface area contributed by atoms with Crippen LogP contribution in [0.15, 0.2) is 0 Å². The zero-order valence-corrected chi connectivity index (χ0v) is 11.5. The zero-order chi connectivity index (χ0) is 12.3. The SMILES string of the molecule is CC(C)C[C@@H]1CCCN(C(=O)C(C)(C)C)C1. The van der Waals surface area contributed by atoms with E-state index in [2.05, 4.69) is 18.7 Å². The molecule has 1 amide bonds. The van der Waals surface area contributed by atoms with Crippen LogP contribution in [0.2, 0.25) is 0 Å². The minimum atomic E-state index is -0.222. The van der Waals surface area contributed by atoms with Crippen molar-refractivity contribution in [2.24, 2.45) is 17.3 Å². The van der Waals surface area contributed by atoms with Gasteiger partial charge in [-0.1, -0.05) is 34.6 Å². The largest absolute Gasteiger partial charge is 0.342 e. The van der Waals surface area contributed by atoms with Gasteiger partial charge in [0.1, 0.15) is 0 Å². The van der Waals surface area contributed by atoms with Gasteiger partial charge in [0.15, 0.2) is 0 Å². The van der Waals surface area contributed by atoms with Gasteiger partial charge in [0.25, 0.3) is 0 Å². The second-order valence-corrected chi connectivity index (χ2v) is 6.64. The minimum Gasteiger partial charge on any atom is -0.342 e. The predicted molar refractivity (Wildman–Crippen MR) is 68.2 cm³/mol. The molecular weight excluding hydrogens is 198 g/mol. The molecule has 2 nitrogen and oxygen atoms in total. The molecule has 0 aromatic heterocycles. The Morgan fingerprint density at radius 2 is 2.00 bits per heavy atom. The third-order valence-corrected chi connectivity index (χ3v) is 3.25. The number of hydrogen-bond donors (Lipinski definition) is 0. The minimum absolute atomic E-state index is 0.222. The summed E-state index contributed by atoms with van der Waals surface area (Å²) < 4.78 is 0. The number of piperidine rings is 1. The molecule has 0 radical (unpaired) electrons. The number of rotatable bonds is 2. The van der Waals surface area contributed by atoms with Gasteiger partial charge < -0.3 is 4.90 Å². The Hall–Kier alpha value is -0.530. The zero-order valence-electron chi connectivity index (χ0n) is 11.5. The third-order valence-electron chi connectivity index (χ3n) is 3.25. The lowest BCUT2D eigenvalue weighted by Gasteiger charge is -2.37. The molecule has 1 atom stereocenters. The number of nitrogens with zero attached hydrogens (tertiary/aromatic N) is 1. The van der Waals surface area contributed by atoms with Crippen molar-refractivity contribution < 1.29 is 4.79 Å². The average molecular weight is 225 g/mol. The highest BCUT2D eigenvalue weighted by Crippen LogP contribution is 2.26. The summed E-state index contributed by atoms with van der Waals surface area (Å²) in [6.45, 7) is 12.5. The predicted octanol–water partition coefficient (Wildman–Crippen LogP) is 3.32. The van der Waals surface area contributed by atoms with Crippen molar-refractivity contribution in [1.29, 1.82) is 0 Å². The number of likely N-dealkylation sites (tertiary alicyclic amines) is 1. The van der Waals surface area contributed by atoms with E-state index in [4.69, 9.17) is 0 Å². The molecule has 1 heterocycles. The van der Waals surface area contributed by atoms with Gasteiger partial charge in [-0.3, -0.25) is 4.79 Å². The maximum atomic E-state index is 12.2. The van der Waals surface area contributed by atoms with E-state index >= 15 is 0 Å². The van der Waals surface area contributed by atoms with Crippen molar-refractivity contribution >= 4 is 5.91 Å². The molecule has 1 fully saturated rings. The van der Waals surface area contributed by atoms with E-state index in [0.29, 0.717) is 5.91 Å². The Bertz CT molecular complexity index is 240. The van der Waals surface area contributed by atoms with Crippen LogP contribution in [-0.2, 0) is 4.79 Å². The van der Waals surface area contributed by atoms with Gasteiger partial charge in [0.2, 0.25) is 5.91 Å². The fourth-order valence-corrected chi connectivity index (χ4v) is 2.58. The van der Waals surface area contributed by atoms with Crippen LogP contribution in [0.4, 0.5) is 0 Å². The molecule has 2 heteroatoms. The summed E-state index contributed by atoms with van der Waals surface area (Å²) in [5, 5.41) is 0. The topological polar surface area (TPSA) is 20.3 Å². The molecule has 94 valence electrons. The first-order valence-corrected chi connectivity index (χ1v) is 6.60. The van der Waals surface area contributed by atoms with Crippen molar-refractivity contribution in [3.8, 4) is 0 Å². The number of carbonyl (C=O) groups is 1. The second kappa shape index (κ2) is 5.20. The first-order chi connectivity index (χ1) is 7.30. The lowest BCUT2D eigenvalue weighted by Crippen LogP contribution is -2.45. The first kappa shape index (κ1) is 13.5. The summed E-state index contributed by atoms with van der Waals surface area (Å²) in [5.41, 5.74) is -0.222. The molecule has 0 bridgehead atoms. The molecule has 0 aliphatic carbocycles. The molecule has 0 aromatic carbocycles. The van der Waals surface area contributed by atoms with E-state index in [-0.39, 0.29) is 5.41 Å². The Morgan fingerprint density at radius 3 is 2.50 bits per heavy atom. The van der Waals surface area contributed by atoms with Crippen molar-refractivity contribution in [2.45, 2.75) is 53.9 Å². The Labute approximate surface area is 100 Å². The lowest BCUT2D eigenvalue weighted by molar-refractivity contribution is -0.141. The first-order valence-electron chi connectivity index (χ1n) is 6.60. The van der Waals surface area contributed by atoms with Crippen LogP contribution >= 0.6 is 0 Å².